The van der Waals surface area contributed by atoms with Gasteiger partial charge in [0.05, 0.1) is 10.8 Å². The molecule has 1 amide bonds. The molecule has 0 fully saturated rings. The van der Waals surface area contributed by atoms with Crippen molar-refractivity contribution in [2.75, 3.05) is 11.1 Å². The van der Waals surface area contributed by atoms with Gasteiger partial charge in [-0.25, -0.2) is 0 Å². The molecule has 0 aliphatic carbocycles. The lowest BCUT2D eigenvalue weighted by Crippen LogP contribution is -2.15. The third-order valence-corrected chi connectivity index (χ3v) is 5.46. The molecule has 1 heterocycles. The topological polar surface area (TPSA) is 69.0 Å². The molecule has 156 valence electrons. The number of ether oxygens (including phenoxy) is 1. The van der Waals surface area contributed by atoms with E-state index >= 15 is 0 Å². The number of rotatable bonds is 9. The van der Waals surface area contributed by atoms with E-state index in [0.29, 0.717) is 28.3 Å². The minimum Gasteiger partial charge on any atom is -0.484 e. The maximum absolute atomic E-state index is 12.3. The highest BCUT2D eigenvalue weighted by molar-refractivity contribution is 7.99. The lowest BCUT2D eigenvalue weighted by molar-refractivity contribution is -0.113. The average molecular weight is 443 g/mol. The second-order valence-electron chi connectivity index (χ2n) is 6.73. The number of aromatic nitrogens is 3. The number of thioether (sulfide) groups is 1. The van der Waals surface area contributed by atoms with Crippen molar-refractivity contribution >= 4 is 35.0 Å². The molecule has 0 unspecified atom stereocenters. The molecule has 0 aliphatic heterocycles. The summed E-state index contributed by atoms with van der Waals surface area (Å²) in [6, 6.07) is 13.3. The Morgan fingerprint density at radius 2 is 2.03 bits per heavy atom. The van der Waals surface area contributed by atoms with E-state index in [1.54, 1.807) is 12.1 Å². The number of allylic oxidation sites excluding steroid dienone is 1. The van der Waals surface area contributed by atoms with Crippen molar-refractivity contribution in [1.29, 1.82) is 0 Å². The lowest BCUT2D eigenvalue weighted by Gasteiger charge is -2.11. The number of benzene rings is 2. The van der Waals surface area contributed by atoms with Gasteiger partial charge in [-0.1, -0.05) is 47.6 Å². The molecule has 3 rings (SSSR count). The molecular weight excluding hydrogens is 420 g/mol. The van der Waals surface area contributed by atoms with E-state index < -0.39 is 0 Å². The number of hydrogen-bond acceptors (Lipinski definition) is 5. The number of aryl methyl sites for hydroxylation is 2. The van der Waals surface area contributed by atoms with Crippen LogP contribution in [0.25, 0.3) is 0 Å². The number of carbonyl (C=O) groups excluding carboxylic acids is 1. The van der Waals surface area contributed by atoms with Gasteiger partial charge in [-0.2, -0.15) is 0 Å². The van der Waals surface area contributed by atoms with Crippen LogP contribution in [0.5, 0.6) is 5.75 Å². The van der Waals surface area contributed by atoms with Crippen molar-refractivity contribution in [3.05, 3.63) is 77.1 Å². The van der Waals surface area contributed by atoms with Gasteiger partial charge in [0.25, 0.3) is 0 Å². The summed E-state index contributed by atoms with van der Waals surface area (Å²) >= 11 is 7.51. The average Bonchev–Trinajstić information content (AvgIpc) is 3.09. The Hall–Kier alpha value is -2.77. The van der Waals surface area contributed by atoms with Gasteiger partial charge in [0, 0.05) is 12.2 Å². The molecule has 2 aromatic carbocycles. The monoisotopic (exact) mass is 442 g/mol. The van der Waals surface area contributed by atoms with Crippen molar-refractivity contribution in [3.63, 3.8) is 0 Å². The van der Waals surface area contributed by atoms with Crippen molar-refractivity contribution in [1.82, 2.24) is 14.8 Å². The standard InChI is InChI=1S/C22H23ClN4O2S/c1-4-10-27-20(13-29-19-12-16(3)8-9-18(19)23)25-26-22(27)30-14-21(28)24-17-7-5-6-15(2)11-17/h4-9,11-12H,1,10,13-14H2,2-3H3,(H,24,28). The molecule has 1 N–H and O–H groups in total. The maximum Gasteiger partial charge on any atom is 0.234 e. The first-order valence-corrected chi connectivity index (χ1v) is 10.7. The molecule has 0 saturated carbocycles. The van der Waals surface area contributed by atoms with Gasteiger partial charge >= 0.3 is 0 Å². The predicted octanol–water partition coefficient (Wildman–Crippen LogP) is 5.04. The quantitative estimate of drug-likeness (QED) is 0.371. The number of anilines is 1. The SMILES string of the molecule is C=CCn1c(COc2cc(C)ccc2Cl)nnc1SCC(=O)Nc1cccc(C)c1. The summed E-state index contributed by atoms with van der Waals surface area (Å²) in [5.74, 6) is 1.34. The third kappa shape index (κ3) is 5.87. The Kier molecular flexibility index (Phi) is 7.54. The summed E-state index contributed by atoms with van der Waals surface area (Å²) in [5, 5.41) is 12.5. The smallest absolute Gasteiger partial charge is 0.234 e. The first-order valence-electron chi connectivity index (χ1n) is 9.37. The van der Waals surface area contributed by atoms with Crippen LogP contribution in [0.3, 0.4) is 0 Å². The van der Waals surface area contributed by atoms with Crippen LogP contribution in [0.2, 0.25) is 5.02 Å². The molecule has 0 radical (unpaired) electrons. The summed E-state index contributed by atoms with van der Waals surface area (Å²) in [6.45, 7) is 8.47. The van der Waals surface area contributed by atoms with E-state index in [1.807, 2.05) is 54.8 Å². The highest BCUT2D eigenvalue weighted by Crippen LogP contribution is 2.26. The summed E-state index contributed by atoms with van der Waals surface area (Å²) in [4.78, 5) is 12.3. The number of amides is 1. The van der Waals surface area contributed by atoms with Gasteiger partial charge in [0.15, 0.2) is 11.0 Å². The number of nitrogens with zero attached hydrogens (tertiary/aromatic N) is 3. The van der Waals surface area contributed by atoms with Crippen LogP contribution in [0.15, 0.2) is 60.3 Å². The Bertz CT molecular complexity index is 1050. The van der Waals surface area contributed by atoms with E-state index in [9.17, 15) is 4.79 Å². The molecule has 0 aliphatic rings. The van der Waals surface area contributed by atoms with Gasteiger partial charge < -0.3 is 10.1 Å². The summed E-state index contributed by atoms with van der Waals surface area (Å²) in [7, 11) is 0. The first kappa shape index (κ1) is 21.9. The van der Waals surface area contributed by atoms with Crippen LogP contribution in [-0.4, -0.2) is 26.4 Å². The maximum atomic E-state index is 12.3. The second-order valence-corrected chi connectivity index (χ2v) is 8.08. The van der Waals surface area contributed by atoms with Crippen LogP contribution in [0.1, 0.15) is 17.0 Å². The Morgan fingerprint density at radius 1 is 1.23 bits per heavy atom. The van der Waals surface area contributed by atoms with Crippen molar-refractivity contribution < 1.29 is 9.53 Å². The van der Waals surface area contributed by atoms with Crippen molar-refractivity contribution in [3.8, 4) is 5.75 Å². The van der Waals surface area contributed by atoms with Gasteiger partial charge in [-0.3, -0.25) is 9.36 Å². The first-order chi connectivity index (χ1) is 14.5. The van der Waals surface area contributed by atoms with Gasteiger partial charge in [-0.15, -0.1) is 16.8 Å². The van der Waals surface area contributed by atoms with E-state index in [-0.39, 0.29) is 18.3 Å². The minimum atomic E-state index is -0.108. The fourth-order valence-electron chi connectivity index (χ4n) is 2.76. The molecule has 0 saturated heterocycles. The Morgan fingerprint density at radius 3 is 2.80 bits per heavy atom. The van der Waals surface area contributed by atoms with Crippen molar-refractivity contribution in [2.45, 2.75) is 32.2 Å². The molecule has 6 nitrogen and oxygen atoms in total. The highest BCUT2D eigenvalue weighted by atomic mass is 35.5. The van der Waals surface area contributed by atoms with Crippen LogP contribution >= 0.6 is 23.4 Å². The van der Waals surface area contributed by atoms with Crippen LogP contribution in [0.4, 0.5) is 5.69 Å². The molecule has 0 spiro atoms. The normalized spacial score (nSPS) is 10.6. The van der Waals surface area contributed by atoms with Crippen LogP contribution in [-0.2, 0) is 17.9 Å². The molecule has 3 aromatic rings. The zero-order valence-corrected chi connectivity index (χ0v) is 18.5. The van der Waals surface area contributed by atoms with E-state index in [0.717, 1.165) is 16.8 Å². The lowest BCUT2D eigenvalue weighted by atomic mass is 10.2. The number of nitrogens with one attached hydrogen (secondary N) is 1. The molecule has 0 atom stereocenters. The Balaban J connectivity index is 1.64. The summed E-state index contributed by atoms with van der Waals surface area (Å²) in [6.07, 6.45) is 1.75. The Labute approximate surface area is 185 Å². The van der Waals surface area contributed by atoms with Gasteiger partial charge in [0.1, 0.15) is 12.4 Å². The van der Waals surface area contributed by atoms with Gasteiger partial charge in [-0.05, 0) is 49.2 Å². The van der Waals surface area contributed by atoms with E-state index in [1.165, 1.54) is 11.8 Å². The fraction of sp³-hybridized carbons (Fsp3) is 0.227. The number of carbonyl (C=O) groups is 1. The highest BCUT2D eigenvalue weighted by Gasteiger charge is 2.15. The molecule has 0 bridgehead atoms. The second kappa shape index (κ2) is 10.3. The van der Waals surface area contributed by atoms with E-state index in [2.05, 4.69) is 22.1 Å². The summed E-state index contributed by atoms with van der Waals surface area (Å²) < 4.78 is 7.72. The summed E-state index contributed by atoms with van der Waals surface area (Å²) in [5.41, 5.74) is 2.92. The zero-order chi connectivity index (χ0) is 21.5. The van der Waals surface area contributed by atoms with Gasteiger partial charge in [0.2, 0.25) is 5.91 Å². The van der Waals surface area contributed by atoms with Crippen LogP contribution < -0.4 is 10.1 Å². The zero-order valence-electron chi connectivity index (χ0n) is 16.9. The molecule has 8 heteroatoms. The van der Waals surface area contributed by atoms with Crippen molar-refractivity contribution in [2.24, 2.45) is 0 Å². The van der Waals surface area contributed by atoms with E-state index in [4.69, 9.17) is 16.3 Å². The molecular formula is C22H23ClN4O2S. The third-order valence-electron chi connectivity index (χ3n) is 4.18. The predicted molar refractivity (Wildman–Crippen MR) is 121 cm³/mol. The fourth-order valence-corrected chi connectivity index (χ4v) is 3.70. The minimum absolute atomic E-state index is 0.108. The van der Waals surface area contributed by atoms with Crippen LogP contribution in [0, 0.1) is 13.8 Å². The molecule has 1 aromatic heterocycles. The number of halogens is 1. The largest absolute Gasteiger partial charge is 0.484 e. The molecule has 30 heavy (non-hydrogen) atoms. The number of hydrogen-bond donors (Lipinski definition) is 1.